The third-order valence-electron chi connectivity index (χ3n) is 7.68. The first-order chi connectivity index (χ1) is 17.0. The molecule has 2 aliphatic rings. The summed E-state index contributed by atoms with van der Waals surface area (Å²) in [5, 5.41) is 28.6. The molecule has 198 valence electrons. The lowest BCUT2D eigenvalue weighted by Crippen LogP contribution is -2.45. The summed E-state index contributed by atoms with van der Waals surface area (Å²) in [6.45, 7) is 3.18. The largest absolute Gasteiger partial charge is 0.434 e. The van der Waals surface area contributed by atoms with Crippen LogP contribution in [0, 0.1) is 11.3 Å². The van der Waals surface area contributed by atoms with E-state index in [-0.39, 0.29) is 39.7 Å². The standard InChI is InChI=1S/C26H34ClF2N3O4/c1-4-32-21(17-6-5-16(13-18(17)36-24(28)29)22(33)25(3)11-12-25)19(27)20(31-32)23(34)30-14-26(35)9-7-15(2)8-10-26/h5-6,13,15,22,24,33,35H,4,7-12,14H2,1-3H3,(H,30,34)/t15?,22-,26?/m0/s1. The molecule has 2 fully saturated rings. The number of aliphatic hydroxyl groups is 2. The van der Waals surface area contributed by atoms with Crippen LogP contribution in [0.1, 0.15) is 81.5 Å². The Morgan fingerprint density at radius 3 is 2.56 bits per heavy atom. The summed E-state index contributed by atoms with van der Waals surface area (Å²) >= 11 is 6.61. The molecular weight excluding hydrogens is 492 g/mol. The van der Waals surface area contributed by atoms with Gasteiger partial charge in [-0.25, -0.2) is 0 Å². The highest BCUT2D eigenvalue weighted by Crippen LogP contribution is 2.55. The molecule has 7 nitrogen and oxygen atoms in total. The van der Waals surface area contributed by atoms with Crippen molar-refractivity contribution in [2.75, 3.05) is 6.54 Å². The van der Waals surface area contributed by atoms with Crippen LogP contribution in [0.25, 0.3) is 11.3 Å². The number of alkyl halides is 2. The molecule has 1 aromatic heterocycles. The van der Waals surface area contributed by atoms with Gasteiger partial charge in [0.05, 0.1) is 22.4 Å². The number of amides is 1. The Morgan fingerprint density at radius 2 is 1.97 bits per heavy atom. The SMILES string of the molecule is CCn1nc(C(=O)NCC2(O)CCC(C)CC2)c(Cl)c1-c1ccc([C@H](O)C2(C)CC2)cc1OC(F)F. The summed E-state index contributed by atoms with van der Waals surface area (Å²) in [7, 11) is 0. The van der Waals surface area contributed by atoms with Gasteiger partial charge in [0.1, 0.15) is 5.75 Å². The van der Waals surface area contributed by atoms with Crippen molar-refractivity contribution in [3.8, 4) is 17.0 Å². The highest BCUT2D eigenvalue weighted by molar-refractivity contribution is 6.36. The van der Waals surface area contributed by atoms with Crippen molar-refractivity contribution in [2.45, 2.75) is 84.2 Å². The average Bonchev–Trinajstić information content (AvgIpc) is 3.51. The van der Waals surface area contributed by atoms with Crippen LogP contribution < -0.4 is 10.1 Å². The first-order valence-electron chi connectivity index (χ1n) is 12.5. The van der Waals surface area contributed by atoms with Crippen molar-refractivity contribution >= 4 is 17.5 Å². The fraction of sp³-hybridized carbons (Fsp3) is 0.615. The second-order valence-electron chi connectivity index (χ2n) is 10.6. The molecule has 4 rings (SSSR count). The van der Waals surface area contributed by atoms with Crippen LogP contribution in [0.4, 0.5) is 8.78 Å². The fourth-order valence-electron chi connectivity index (χ4n) is 4.85. The number of aromatic nitrogens is 2. The molecule has 0 spiro atoms. The number of aryl methyl sites for hydroxylation is 1. The number of nitrogens with zero attached hydrogens (tertiary/aromatic N) is 2. The zero-order valence-electron chi connectivity index (χ0n) is 20.9. The van der Waals surface area contributed by atoms with Gasteiger partial charge in [-0.05, 0) is 74.5 Å². The Labute approximate surface area is 214 Å². The van der Waals surface area contributed by atoms with E-state index in [2.05, 4.69) is 17.3 Å². The number of hydrogen-bond donors (Lipinski definition) is 3. The highest BCUT2D eigenvalue weighted by Gasteiger charge is 2.45. The van der Waals surface area contributed by atoms with Gasteiger partial charge in [0, 0.05) is 18.7 Å². The van der Waals surface area contributed by atoms with E-state index in [4.69, 9.17) is 16.3 Å². The lowest BCUT2D eigenvalue weighted by atomic mass is 9.79. The zero-order chi connectivity index (χ0) is 26.3. The zero-order valence-corrected chi connectivity index (χ0v) is 21.6. The van der Waals surface area contributed by atoms with E-state index in [1.54, 1.807) is 19.1 Å². The molecule has 36 heavy (non-hydrogen) atoms. The molecule has 0 bridgehead atoms. The third kappa shape index (κ3) is 5.53. The van der Waals surface area contributed by atoms with Crippen LogP contribution in [0.3, 0.4) is 0 Å². The number of rotatable bonds is 9. The van der Waals surface area contributed by atoms with Crippen LogP contribution in [0.5, 0.6) is 5.75 Å². The Kier molecular flexibility index (Phi) is 7.65. The number of ether oxygens (including phenoxy) is 1. The summed E-state index contributed by atoms with van der Waals surface area (Å²) in [4.78, 5) is 13.0. The minimum atomic E-state index is -3.09. The van der Waals surface area contributed by atoms with Crippen molar-refractivity contribution in [1.29, 1.82) is 0 Å². The van der Waals surface area contributed by atoms with Crippen LogP contribution in [-0.4, -0.2) is 44.7 Å². The van der Waals surface area contributed by atoms with E-state index in [1.807, 2.05) is 6.92 Å². The Hall–Kier alpha value is -2.23. The second kappa shape index (κ2) is 10.3. The predicted molar refractivity (Wildman–Crippen MR) is 132 cm³/mol. The Balaban J connectivity index is 1.63. The lowest BCUT2D eigenvalue weighted by Gasteiger charge is -2.34. The molecule has 2 aliphatic carbocycles. The van der Waals surface area contributed by atoms with E-state index in [0.717, 1.165) is 25.7 Å². The Bertz CT molecular complexity index is 1110. The van der Waals surface area contributed by atoms with Gasteiger partial charge in [-0.3, -0.25) is 9.48 Å². The first kappa shape index (κ1) is 26.8. The molecule has 3 N–H and O–H groups in total. The molecule has 2 aromatic rings. The monoisotopic (exact) mass is 525 g/mol. The van der Waals surface area contributed by atoms with Gasteiger partial charge in [-0.1, -0.05) is 31.5 Å². The van der Waals surface area contributed by atoms with E-state index < -0.39 is 24.2 Å². The Morgan fingerprint density at radius 1 is 1.31 bits per heavy atom. The van der Waals surface area contributed by atoms with Crippen LogP contribution >= 0.6 is 11.6 Å². The van der Waals surface area contributed by atoms with Gasteiger partial charge in [0.25, 0.3) is 5.91 Å². The highest BCUT2D eigenvalue weighted by atomic mass is 35.5. The van der Waals surface area contributed by atoms with Crippen molar-refractivity contribution in [1.82, 2.24) is 15.1 Å². The minimum absolute atomic E-state index is 0.000163. The van der Waals surface area contributed by atoms with E-state index in [1.165, 1.54) is 10.7 Å². The molecule has 1 aromatic carbocycles. The summed E-state index contributed by atoms with van der Waals surface area (Å²) in [6.07, 6.45) is 3.86. The van der Waals surface area contributed by atoms with Gasteiger partial charge < -0.3 is 20.3 Å². The van der Waals surface area contributed by atoms with Crippen LogP contribution in [0.2, 0.25) is 5.02 Å². The van der Waals surface area contributed by atoms with Gasteiger partial charge in [-0.15, -0.1) is 0 Å². The maximum absolute atomic E-state index is 13.3. The molecule has 0 aliphatic heterocycles. The predicted octanol–water partition coefficient (Wildman–Crippen LogP) is 5.33. The number of nitrogens with one attached hydrogen (secondary N) is 1. The van der Waals surface area contributed by atoms with Crippen LogP contribution in [-0.2, 0) is 6.54 Å². The number of carbonyl (C=O) groups is 1. The summed E-state index contributed by atoms with van der Waals surface area (Å²) in [5.41, 5.74) is -0.329. The summed E-state index contributed by atoms with van der Waals surface area (Å²) in [5.74, 6) is -0.159. The van der Waals surface area contributed by atoms with E-state index in [0.29, 0.717) is 30.9 Å². The lowest BCUT2D eigenvalue weighted by molar-refractivity contribution is -0.0496. The molecule has 1 amide bonds. The molecule has 10 heteroatoms. The van der Waals surface area contributed by atoms with Crippen molar-refractivity contribution in [3.63, 3.8) is 0 Å². The van der Waals surface area contributed by atoms with Crippen LogP contribution in [0.15, 0.2) is 18.2 Å². The van der Waals surface area contributed by atoms with Crippen molar-refractivity contribution < 1.29 is 28.5 Å². The van der Waals surface area contributed by atoms with Crippen molar-refractivity contribution in [3.05, 3.63) is 34.5 Å². The van der Waals surface area contributed by atoms with E-state index in [9.17, 15) is 23.8 Å². The molecule has 0 unspecified atom stereocenters. The average molecular weight is 526 g/mol. The molecule has 0 radical (unpaired) electrons. The summed E-state index contributed by atoms with van der Waals surface area (Å²) in [6, 6.07) is 4.62. The number of carbonyl (C=O) groups excluding carboxylic acids is 1. The number of hydrogen-bond acceptors (Lipinski definition) is 5. The first-order valence-corrected chi connectivity index (χ1v) is 12.9. The summed E-state index contributed by atoms with van der Waals surface area (Å²) < 4.78 is 32.9. The maximum Gasteiger partial charge on any atom is 0.387 e. The number of benzene rings is 1. The third-order valence-corrected chi connectivity index (χ3v) is 8.04. The smallest absolute Gasteiger partial charge is 0.387 e. The van der Waals surface area contributed by atoms with Gasteiger partial charge in [0.2, 0.25) is 0 Å². The molecular formula is C26H34ClF2N3O4. The van der Waals surface area contributed by atoms with Gasteiger partial charge in [-0.2, -0.15) is 13.9 Å². The minimum Gasteiger partial charge on any atom is -0.434 e. The quantitative estimate of drug-likeness (QED) is 0.411. The van der Waals surface area contributed by atoms with Gasteiger partial charge in [0.15, 0.2) is 5.69 Å². The van der Waals surface area contributed by atoms with Gasteiger partial charge >= 0.3 is 6.61 Å². The normalized spacial score (nSPS) is 24.0. The molecule has 1 atom stereocenters. The number of halogens is 3. The molecule has 0 saturated heterocycles. The second-order valence-corrected chi connectivity index (χ2v) is 11.0. The topological polar surface area (TPSA) is 96.6 Å². The fourth-order valence-corrected chi connectivity index (χ4v) is 5.17. The van der Waals surface area contributed by atoms with Crippen molar-refractivity contribution in [2.24, 2.45) is 11.3 Å². The van der Waals surface area contributed by atoms with E-state index >= 15 is 0 Å². The molecule has 1 heterocycles. The molecule has 2 saturated carbocycles. The maximum atomic E-state index is 13.3. The number of aliphatic hydroxyl groups excluding tert-OH is 1.